The van der Waals surface area contributed by atoms with Crippen molar-refractivity contribution in [3.05, 3.63) is 95.1 Å². The van der Waals surface area contributed by atoms with Crippen LogP contribution >= 0.6 is 0 Å². The summed E-state index contributed by atoms with van der Waals surface area (Å²) in [6.45, 7) is 1.39. The molecule has 1 fully saturated rings. The molecule has 0 spiro atoms. The molecule has 3 aromatic carbocycles. The van der Waals surface area contributed by atoms with Gasteiger partial charge in [0.25, 0.3) is 0 Å². The van der Waals surface area contributed by atoms with Crippen molar-refractivity contribution in [2.75, 3.05) is 29.4 Å². The van der Waals surface area contributed by atoms with Crippen molar-refractivity contribution >= 4 is 17.3 Å². The zero-order valence-electron chi connectivity index (χ0n) is 19.2. The first-order chi connectivity index (χ1) is 17.2. The Labute approximate surface area is 205 Å². The average Bonchev–Trinajstić information content (AvgIpc) is 2.86. The number of alkyl halides is 3. The molecule has 188 valence electrons. The van der Waals surface area contributed by atoms with E-state index in [2.05, 4.69) is 5.32 Å². The highest BCUT2D eigenvalue weighted by Crippen LogP contribution is 2.40. The highest BCUT2D eigenvalue weighted by Gasteiger charge is 2.43. The largest absolute Gasteiger partial charge is 0.416 e. The van der Waals surface area contributed by atoms with E-state index in [0.717, 1.165) is 12.1 Å². The third kappa shape index (κ3) is 4.74. The van der Waals surface area contributed by atoms with Gasteiger partial charge in [0.2, 0.25) is 5.91 Å². The number of hydrogen-bond donors (Lipinski definition) is 1. The van der Waals surface area contributed by atoms with Crippen molar-refractivity contribution < 1.29 is 26.7 Å². The molecule has 0 saturated carbocycles. The minimum Gasteiger partial charge on any atom is -0.365 e. The normalized spacial score (nSPS) is 19.5. The fraction of sp³-hybridized carbons (Fsp3) is 0.296. The van der Waals surface area contributed by atoms with Crippen LogP contribution in [0.2, 0.25) is 0 Å². The van der Waals surface area contributed by atoms with Crippen LogP contribution in [0.5, 0.6) is 0 Å². The maximum atomic E-state index is 14.5. The molecule has 1 amide bonds. The second-order valence-corrected chi connectivity index (χ2v) is 9.15. The zero-order valence-corrected chi connectivity index (χ0v) is 19.2. The molecule has 1 N–H and O–H groups in total. The average molecular weight is 501 g/mol. The van der Waals surface area contributed by atoms with E-state index < -0.39 is 17.7 Å². The molecule has 2 aliphatic heterocycles. The van der Waals surface area contributed by atoms with Gasteiger partial charge >= 0.3 is 6.18 Å². The van der Waals surface area contributed by atoms with Gasteiger partial charge in [-0.25, -0.2) is 8.78 Å². The number of piperazine rings is 1. The van der Waals surface area contributed by atoms with E-state index >= 15 is 0 Å². The Kier molecular flexibility index (Phi) is 6.32. The van der Waals surface area contributed by atoms with Crippen LogP contribution in [0.3, 0.4) is 0 Å². The predicted octanol–water partition coefficient (Wildman–Crippen LogP) is 5.17. The molecule has 2 unspecified atom stereocenters. The number of para-hydroxylation sites is 1. The fourth-order valence-corrected chi connectivity index (χ4v) is 5.15. The van der Waals surface area contributed by atoms with Gasteiger partial charge in [-0.05, 0) is 60.0 Å². The Morgan fingerprint density at radius 3 is 2.42 bits per heavy atom. The third-order valence-corrected chi connectivity index (χ3v) is 6.95. The smallest absolute Gasteiger partial charge is 0.365 e. The van der Waals surface area contributed by atoms with Gasteiger partial charge < -0.3 is 15.1 Å². The maximum absolute atomic E-state index is 14.5. The van der Waals surface area contributed by atoms with E-state index in [1.54, 1.807) is 30.3 Å². The Morgan fingerprint density at radius 2 is 1.69 bits per heavy atom. The number of carbonyl (C=O) groups is 1. The molecule has 2 aliphatic rings. The molecule has 3 aromatic rings. The summed E-state index contributed by atoms with van der Waals surface area (Å²) in [5.74, 6) is -1.72. The maximum Gasteiger partial charge on any atom is 0.416 e. The number of hydrogen-bond acceptors (Lipinski definition) is 3. The summed E-state index contributed by atoms with van der Waals surface area (Å²) in [5.41, 5.74) is 1.51. The van der Waals surface area contributed by atoms with Crippen LogP contribution in [0.15, 0.2) is 66.7 Å². The molecule has 1 saturated heterocycles. The van der Waals surface area contributed by atoms with Crippen LogP contribution in [0.25, 0.3) is 0 Å². The second-order valence-electron chi connectivity index (χ2n) is 9.15. The van der Waals surface area contributed by atoms with Crippen LogP contribution < -0.4 is 15.1 Å². The molecule has 0 radical (unpaired) electrons. The number of nitrogens with zero attached hydrogens (tertiary/aromatic N) is 2. The van der Waals surface area contributed by atoms with Gasteiger partial charge in [0.1, 0.15) is 11.6 Å². The minimum atomic E-state index is -4.49. The van der Waals surface area contributed by atoms with Crippen molar-refractivity contribution in [2.24, 2.45) is 5.92 Å². The lowest BCUT2D eigenvalue weighted by atomic mass is 9.82. The summed E-state index contributed by atoms with van der Waals surface area (Å²) in [4.78, 5) is 17.2. The van der Waals surface area contributed by atoms with Gasteiger partial charge in [0.05, 0.1) is 23.2 Å². The summed E-state index contributed by atoms with van der Waals surface area (Å²) in [6.07, 6.45) is -4.36. The van der Waals surface area contributed by atoms with Gasteiger partial charge in [-0.2, -0.15) is 13.2 Å². The Balaban J connectivity index is 1.44. The molecule has 0 aromatic heterocycles. The number of amides is 1. The highest BCUT2D eigenvalue weighted by atomic mass is 19.4. The molecule has 2 atom stereocenters. The summed E-state index contributed by atoms with van der Waals surface area (Å²) in [5, 5.41) is 2.86. The van der Waals surface area contributed by atoms with E-state index in [0.29, 0.717) is 42.1 Å². The van der Waals surface area contributed by atoms with E-state index in [9.17, 15) is 26.7 Å². The number of benzene rings is 3. The first-order valence-corrected chi connectivity index (χ1v) is 11.7. The molecule has 0 aliphatic carbocycles. The van der Waals surface area contributed by atoms with Gasteiger partial charge in [0, 0.05) is 31.9 Å². The van der Waals surface area contributed by atoms with Crippen LogP contribution in [-0.4, -0.2) is 31.6 Å². The van der Waals surface area contributed by atoms with E-state index in [-0.39, 0.29) is 36.5 Å². The molecular formula is C27H24F5N3O. The predicted molar refractivity (Wildman–Crippen MR) is 127 cm³/mol. The van der Waals surface area contributed by atoms with Crippen molar-refractivity contribution in [3.63, 3.8) is 0 Å². The van der Waals surface area contributed by atoms with Crippen LogP contribution in [0.4, 0.5) is 33.3 Å². The van der Waals surface area contributed by atoms with Gasteiger partial charge in [-0.3, -0.25) is 4.79 Å². The summed E-state index contributed by atoms with van der Waals surface area (Å²) >= 11 is 0. The minimum absolute atomic E-state index is 0.126. The van der Waals surface area contributed by atoms with E-state index in [1.807, 2.05) is 9.80 Å². The Morgan fingerprint density at radius 1 is 0.944 bits per heavy atom. The number of halogens is 5. The summed E-state index contributed by atoms with van der Waals surface area (Å²) in [7, 11) is 0. The molecule has 9 heteroatoms. The van der Waals surface area contributed by atoms with E-state index in [1.165, 1.54) is 24.3 Å². The number of rotatable bonds is 4. The molecule has 2 heterocycles. The van der Waals surface area contributed by atoms with Gasteiger partial charge in [-0.1, -0.05) is 24.3 Å². The zero-order chi connectivity index (χ0) is 25.4. The van der Waals surface area contributed by atoms with Crippen molar-refractivity contribution in [1.29, 1.82) is 0 Å². The lowest BCUT2D eigenvalue weighted by Crippen LogP contribution is -2.61. The first-order valence-electron chi connectivity index (χ1n) is 11.7. The third-order valence-electron chi connectivity index (χ3n) is 6.95. The molecule has 4 nitrogen and oxygen atoms in total. The standard InChI is InChI=1S/C27H24F5N3O/c28-20-8-5-17(6-9-20)15-33-26(36)21-14-18-13-19(27(30,31)32)7-10-23(18)35-12-11-34(16-25(21)35)24-4-2-1-3-22(24)29/h1-10,13,21,25H,11-12,14-16H2,(H,33,36). The van der Waals surface area contributed by atoms with Crippen molar-refractivity contribution in [3.8, 4) is 0 Å². The summed E-state index contributed by atoms with van der Waals surface area (Å²) in [6, 6.07) is 15.4. The Hall–Kier alpha value is -3.62. The molecule has 36 heavy (non-hydrogen) atoms. The SMILES string of the molecule is O=C(NCc1ccc(F)cc1)C1Cc2cc(C(F)(F)F)ccc2N2CCN(c3ccccc3F)CC12. The van der Waals surface area contributed by atoms with Gasteiger partial charge in [0.15, 0.2) is 0 Å². The van der Waals surface area contributed by atoms with Crippen LogP contribution in [0, 0.1) is 17.6 Å². The number of nitrogens with one attached hydrogen (secondary N) is 1. The molecule has 5 rings (SSSR count). The number of carbonyl (C=O) groups excluding carboxylic acids is 1. The van der Waals surface area contributed by atoms with E-state index in [4.69, 9.17) is 0 Å². The molecular weight excluding hydrogens is 477 g/mol. The highest BCUT2D eigenvalue weighted by molar-refractivity contribution is 5.82. The number of fused-ring (bicyclic) bond motifs is 3. The second kappa shape index (κ2) is 9.44. The Bertz CT molecular complexity index is 1260. The quantitative estimate of drug-likeness (QED) is 0.502. The lowest BCUT2D eigenvalue weighted by molar-refractivity contribution is -0.137. The lowest BCUT2D eigenvalue weighted by Gasteiger charge is -2.49. The van der Waals surface area contributed by atoms with Crippen LogP contribution in [-0.2, 0) is 23.9 Å². The van der Waals surface area contributed by atoms with Gasteiger partial charge in [-0.15, -0.1) is 0 Å². The monoisotopic (exact) mass is 501 g/mol. The van der Waals surface area contributed by atoms with Crippen LogP contribution in [0.1, 0.15) is 16.7 Å². The fourth-order valence-electron chi connectivity index (χ4n) is 5.15. The van der Waals surface area contributed by atoms with Crippen molar-refractivity contribution in [2.45, 2.75) is 25.2 Å². The number of anilines is 2. The van der Waals surface area contributed by atoms with Crippen molar-refractivity contribution in [1.82, 2.24) is 5.32 Å². The summed E-state index contributed by atoms with van der Waals surface area (Å²) < 4.78 is 67.9. The first kappa shape index (κ1) is 24.1. The topological polar surface area (TPSA) is 35.6 Å². The molecule has 0 bridgehead atoms.